The van der Waals surface area contributed by atoms with Gasteiger partial charge in [-0.15, -0.1) is 0 Å². The first kappa shape index (κ1) is 18.1. The van der Waals surface area contributed by atoms with Crippen LogP contribution in [0.15, 0.2) is 59.9 Å². The van der Waals surface area contributed by atoms with E-state index in [2.05, 4.69) is 15.1 Å². The van der Waals surface area contributed by atoms with Gasteiger partial charge in [0, 0.05) is 12.3 Å². The second-order valence-electron chi connectivity index (χ2n) is 7.18. The highest BCUT2D eigenvalue weighted by molar-refractivity contribution is 6.10. The monoisotopic (exact) mass is 404 g/mol. The molecule has 0 aliphatic carbocycles. The van der Waals surface area contributed by atoms with Gasteiger partial charge in [-0.3, -0.25) is 4.79 Å². The largest absolute Gasteiger partial charge is 0.492 e. The number of hydrogen-bond donors (Lipinski definition) is 2. The van der Waals surface area contributed by atoms with Gasteiger partial charge in [0.05, 0.1) is 30.8 Å². The number of aryl methyl sites for hydroxylation is 1. The topological polar surface area (TPSA) is 79.6 Å². The molecular formula is C22H19FN5O2+. The predicted octanol–water partition coefficient (Wildman–Crippen LogP) is 2.99. The van der Waals surface area contributed by atoms with E-state index in [1.54, 1.807) is 25.4 Å². The van der Waals surface area contributed by atoms with Crippen LogP contribution >= 0.6 is 0 Å². The van der Waals surface area contributed by atoms with Crippen LogP contribution in [0.5, 0.6) is 5.75 Å². The average Bonchev–Trinajstić information content (AvgIpc) is 3.35. The molecule has 0 bridgehead atoms. The minimum Gasteiger partial charge on any atom is -0.492 e. The Kier molecular flexibility index (Phi) is 4.13. The number of methoxy groups -OCH3 is 1. The highest BCUT2D eigenvalue weighted by atomic mass is 19.1. The Bertz CT molecular complexity index is 1450. The molecule has 0 amide bonds. The number of H-pyrrole nitrogens is 2. The number of aromatic amines is 2. The minimum atomic E-state index is -0.316. The fourth-order valence-corrected chi connectivity index (χ4v) is 3.76. The van der Waals surface area contributed by atoms with E-state index >= 15 is 0 Å². The molecule has 0 radical (unpaired) electrons. The number of nitrogens with zero attached hydrogens (tertiary/aromatic N) is 3. The van der Waals surface area contributed by atoms with E-state index in [1.807, 2.05) is 36.1 Å². The van der Waals surface area contributed by atoms with Gasteiger partial charge in [-0.25, -0.2) is 14.1 Å². The van der Waals surface area contributed by atoms with E-state index in [1.165, 1.54) is 16.8 Å². The van der Waals surface area contributed by atoms with E-state index in [9.17, 15) is 9.18 Å². The molecule has 2 N–H and O–H groups in total. The van der Waals surface area contributed by atoms with E-state index in [-0.39, 0.29) is 17.9 Å². The molecule has 5 aromatic rings. The van der Waals surface area contributed by atoms with Crippen LogP contribution in [0.2, 0.25) is 0 Å². The number of nitrogens with one attached hydrogen (secondary N) is 2. The average molecular weight is 404 g/mol. The van der Waals surface area contributed by atoms with Crippen molar-refractivity contribution in [2.45, 2.75) is 13.5 Å². The third-order valence-corrected chi connectivity index (χ3v) is 5.20. The highest BCUT2D eigenvalue weighted by Gasteiger charge is 2.20. The lowest BCUT2D eigenvalue weighted by Gasteiger charge is -2.07. The number of benzene rings is 2. The van der Waals surface area contributed by atoms with Gasteiger partial charge in [-0.05, 0) is 29.8 Å². The second kappa shape index (κ2) is 6.84. The van der Waals surface area contributed by atoms with Crippen molar-refractivity contribution in [3.05, 3.63) is 82.5 Å². The zero-order valence-corrected chi connectivity index (χ0v) is 16.4. The van der Waals surface area contributed by atoms with E-state index in [0.717, 1.165) is 27.8 Å². The Morgan fingerprint density at radius 2 is 2.00 bits per heavy atom. The summed E-state index contributed by atoms with van der Waals surface area (Å²) in [6.45, 7) is 2.23. The van der Waals surface area contributed by atoms with Crippen LogP contribution in [0.1, 0.15) is 11.3 Å². The predicted molar refractivity (Wildman–Crippen MR) is 111 cm³/mol. The van der Waals surface area contributed by atoms with Gasteiger partial charge in [0.2, 0.25) is 6.33 Å². The second-order valence-corrected chi connectivity index (χ2v) is 7.18. The number of halogens is 1. The summed E-state index contributed by atoms with van der Waals surface area (Å²) in [5, 5.41) is 5.84. The maximum Gasteiger partial charge on any atom is 0.291 e. The first-order valence-electron chi connectivity index (χ1n) is 9.45. The van der Waals surface area contributed by atoms with E-state index in [0.29, 0.717) is 16.7 Å². The normalized spacial score (nSPS) is 11.4. The van der Waals surface area contributed by atoms with Gasteiger partial charge in [0.25, 0.3) is 5.56 Å². The Hall–Kier alpha value is -3.94. The Balaban J connectivity index is 1.68. The molecule has 7 nitrogen and oxygen atoms in total. The van der Waals surface area contributed by atoms with Gasteiger partial charge >= 0.3 is 0 Å². The number of rotatable bonds is 4. The maximum atomic E-state index is 13.2. The molecule has 0 unspecified atom stereocenters. The molecule has 0 saturated heterocycles. The lowest BCUT2D eigenvalue weighted by Crippen LogP contribution is -2.27. The molecular weight excluding hydrogens is 385 g/mol. The molecule has 3 heterocycles. The molecule has 0 saturated carbocycles. The van der Waals surface area contributed by atoms with Crippen LogP contribution in [0.4, 0.5) is 4.39 Å². The van der Waals surface area contributed by atoms with Crippen molar-refractivity contribution in [3.8, 4) is 11.4 Å². The molecule has 0 aliphatic heterocycles. The number of imidazole rings is 1. The first-order chi connectivity index (χ1) is 14.5. The van der Waals surface area contributed by atoms with Gasteiger partial charge in [0.1, 0.15) is 23.2 Å². The zero-order chi connectivity index (χ0) is 20.8. The van der Waals surface area contributed by atoms with Crippen LogP contribution in [0, 0.1) is 12.7 Å². The molecule has 8 heteroatoms. The molecule has 0 fully saturated rings. The SMILES string of the molecule is COc1c(-[n+]2c[nH]c(C)c2)ccc2[nH]c3c(=O)n(Cc4ccc(F)cc4)ncc3c12. The van der Waals surface area contributed by atoms with E-state index in [4.69, 9.17) is 4.74 Å². The lowest BCUT2D eigenvalue weighted by molar-refractivity contribution is -0.594. The Labute approximate surface area is 170 Å². The van der Waals surface area contributed by atoms with Crippen molar-refractivity contribution >= 4 is 21.8 Å². The lowest BCUT2D eigenvalue weighted by atomic mass is 10.1. The molecule has 0 aliphatic rings. The summed E-state index contributed by atoms with van der Waals surface area (Å²) >= 11 is 0. The molecule has 2 aromatic carbocycles. The fourth-order valence-electron chi connectivity index (χ4n) is 3.76. The molecule has 0 spiro atoms. The molecule has 30 heavy (non-hydrogen) atoms. The summed E-state index contributed by atoms with van der Waals surface area (Å²) in [5.74, 6) is 0.337. The van der Waals surface area contributed by atoms with Gasteiger partial charge in [-0.1, -0.05) is 12.1 Å². The molecule has 150 valence electrons. The quantitative estimate of drug-likeness (QED) is 0.452. The van der Waals surface area contributed by atoms with Gasteiger partial charge < -0.3 is 9.72 Å². The third-order valence-electron chi connectivity index (χ3n) is 5.20. The summed E-state index contributed by atoms with van der Waals surface area (Å²) < 4.78 is 22.2. The van der Waals surface area contributed by atoms with Crippen LogP contribution in [-0.4, -0.2) is 26.9 Å². The minimum absolute atomic E-state index is 0.248. The number of ether oxygens (including phenoxy) is 1. The zero-order valence-electron chi connectivity index (χ0n) is 16.4. The van der Waals surface area contributed by atoms with Crippen LogP contribution < -0.4 is 14.9 Å². The van der Waals surface area contributed by atoms with Crippen LogP contribution in [0.3, 0.4) is 0 Å². The van der Waals surface area contributed by atoms with Crippen molar-refractivity contribution in [1.29, 1.82) is 0 Å². The standard InChI is InChI=1S/C22H18FN5O2/c1-13-10-27(12-24-13)18-8-7-17-19(21(18)30-2)16-9-25-28(22(29)20(16)26-17)11-14-3-5-15(23)6-4-14/h3-10,12H,11H2,1-2H3,(H,25,26,29)/p+1. The summed E-state index contributed by atoms with van der Waals surface area (Å²) in [6.07, 6.45) is 5.48. The summed E-state index contributed by atoms with van der Waals surface area (Å²) in [7, 11) is 1.61. The summed E-state index contributed by atoms with van der Waals surface area (Å²) in [5.41, 5.74) is 3.65. The van der Waals surface area contributed by atoms with Crippen LogP contribution in [-0.2, 0) is 6.54 Å². The van der Waals surface area contributed by atoms with Gasteiger partial charge in [0.15, 0.2) is 11.4 Å². The number of fused-ring (bicyclic) bond motifs is 3. The number of hydrogen-bond acceptors (Lipinski definition) is 3. The third kappa shape index (κ3) is 2.85. The van der Waals surface area contributed by atoms with Crippen molar-refractivity contribution in [3.63, 3.8) is 0 Å². The maximum absolute atomic E-state index is 13.2. The van der Waals surface area contributed by atoms with Crippen LogP contribution in [0.25, 0.3) is 27.5 Å². The van der Waals surface area contributed by atoms with Crippen molar-refractivity contribution in [2.24, 2.45) is 0 Å². The fraction of sp³-hybridized carbons (Fsp3) is 0.136. The summed E-state index contributed by atoms with van der Waals surface area (Å²) in [4.78, 5) is 19.4. The van der Waals surface area contributed by atoms with Crippen molar-refractivity contribution < 1.29 is 13.7 Å². The number of aromatic nitrogens is 5. The highest BCUT2D eigenvalue weighted by Crippen LogP contribution is 2.34. The summed E-state index contributed by atoms with van der Waals surface area (Å²) in [6, 6.07) is 9.89. The van der Waals surface area contributed by atoms with E-state index < -0.39 is 0 Å². The molecule has 5 rings (SSSR count). The van der Waals surface area contributed by atoms with Crippen molar-refractivity contribution in [2.75, 3.05) is 7.11 Å². The molecule has 3 aromatic heterocycles. The smallest absolute Gasteiger partial charge is 0.291 e. The van der Waals surface area contributed by atoms with Gasteiger partial charge in [-0.2, -0.15) is 9.67 Å². The molecule has 0 atom stereocenters. The first-order valence-corrected chi connectivity index (χ1v) is 9.45. The Morgan fingerprint density at radius 3 is 2.70 bits per heavy atom. The van der Waals surface area contributed by atoms with Crippen molar-refractivity contribution in [1.82, 2.24) is 19.7 Å². The Morgan fingerprint density at radius 1 is 1.20 bits per heavy atom.